The predicted molar refractivity (Wildman–Crippen MR) is 151 cm³/mol. The van der Waals surface area contributed by atoms with E-state index in [0.717, 1.165) is 9.87 Å². The lowest BCUT2D eigenvalue weighted by Crippen LogP contribution is -2.54. The minimum Gasteiger partial charge on any atom is -0.350 e. The van der Waals surface area contributed by atoms with Crippen molar-refractivity contribution in [3.63, 3.8) is 0 Å². The van der Waals surface area contributed by atoms with E-state index in [-0.39, 0.29) is 22.7 Å². The molecular formula is C29H33ClFN3O4S. The summed E-state index contributed by atoms with van der Waals surface area (Å²) in [5.74, 6) is -1.67. The van der Waals surface area contributed by atoms with E-state index >= 15 is 0 Å². The number of carbonyl (C=O) groups is 2. The summed E-state index contributed by atoms with van der Waals surface area (Å²) in [7, 11) is -4.20. The monoisotopic (exact) mass is 573 g/mol. The van der Waals surface area contributed by atoms with Crippen molar-refractivity contribution in [1.82, 2.24) is 10.2 Å². The van der Waals surface area contributed by atoms with Crippen LogP contribution in [0.25, 0.3) is 0 Å². The van der Waals surface area contributed by atoms with Gasteiger partial charge in [-0.2, -0.15) is 0 Å². The summed E-state index contributed by atoms with van der Waals surface area (Å²) in [5.41, 5.74) is 0.701. The number of nitrogens with one attached hydrogen (secondary N) is 1. The van der Waals surface area contributed by atoms with Gasteiger partial charge in [-0.15, -0.1) is 0 Å². The normalized spacial score (nSPS) is 12.5. The van der Waals surface area contributed by atoms with Crippen LogP contribution >= 0.6 is 11.6 Å². The van der Waals surface area contributed by atoms with Crippen LogP contribution in [0.2, 0.25) is 5.02 Å². The number of halogens is 2. The van der Waals surface area contributed by atoms with Crippen molar-refractivity contribution in [2.75, 3.05) is 10.8 Å². The predicted octanol–water partition coefficient (Wildman–Crippen LogP) is 5.31. The van der Waals surface area contributed by atoms with Gasteiger partial charge in [0.1, 0.15) is 18.4 Å². The van der Waals surface area contributed by atoms with Crippen LogP contribution in [-0.2, 0) is 26.2 Å². The molecular weight excluding hydrogens is 541 g/mol. The Morgan fingerprint density at radius 3 is 2.13 bits per heavy atom. The van der Waals surface area contributed by atoms with Crippen LogP contribution in [0.5, 0.6) is 0 Å². The number of hydrogen-bond acceptors (Lipinski definition) is 4. The molecule has 0 radical (unpaired) electrons. The largest absolute Gasteiger partial charge is 0.350 e. The highest BCUT2D eigenvalue weighted by Crippen LogP contribution is 2.26. The molecule has 7 nitrogen and oxygen atoms in total. The molecule has 3 aromatic rings. The smallest absolute Gasteiger partial charge is 0.264 e. The second kappa shape index (κ2) is 12.2. The number of benzene rings is 3. The number of rotatable bonds is 9. The Hall–Kier alpha value is -3.43. The number of anilines is 1. The first-order valence-electron chi connectivity index (χ1n) is 12.4. The first-order valence-corrected chi connectivity index (χ1v) is 14.2. The van der Waals surface area contributed by atoms with Crippen LogP contribution < -0.4 is 9.62 Å². The molecule has 1 N–H and O–H groups in total. The van der Waals surface area contributed by atoms with Gasteiger partial charge in [0.15, 0.2) is 0 Å². The third-order valence-electron chi connectivity index (χ3n) is 5.97. The van der Waals surface area contributed by atoms with Crippen LogP contribution in [0.1, 0.15) is 38.8 Å². The average molecular weight is 574 g/mol. The topological polar surface area (TPSA) is 86.8 Å². The Morgan fingerprint density at radius 1 is 0.974 bits per heavy atom. The second-order valence-corrected chi connectivity index (χ2v) is 12.6. The molecule has 0 fully saturated rings. The maximum absolute atomic E-state index is 14.6. The number of sulfonamides is 1. The Kier molecular flexibility index (Phi) is 9.40. The highest BCUT2D eigenvalue weighted by molar-refractivity contribution is 7.92. The lowest BCUT2D eigenvalue weighted by Gasteiger charge is -2.33. The Balaban J connectivity index is 2.04. The van der Waals surface area contributed by atoms with Gasteiger partial charge in [0.05, 0.1) is 10.6 Å². The van der Waals surface area contributed by atoms with E-state index < -0.39 is 45.8 Å². The molecule has 0 bridgehead atoms. The van der Waals surface area contributed by atoms with E-state index in [1.54, 1.807) is 39.0 Å². The van der Waals surface area contributed by atoms with Gasteiger partial charge in [-0.3, -0.25) is 13.9 Å². The van der Waals surface area contributed by atoms with Gasteiger partial charge in [0.2, 0.25) is 11.8 Å². The fourth-order valence-corrected chi connectivity index (χ4v) is 5.38. The zero-order chi connectivity index (χ0) is 29.0. The highest BCUT2D eigenvalue weighted by atomic mass is 35.5. The van der Waals surface area contributed by atoms with E-state index in [0.29, 0.717) is 5.02 Å². The van der Waals surface area contributed by atoms with Gasteiger partial charge in [0.25, 0.3) is 10.0 Å². The number of nitrogens with zero attached hydrogens (tertiary/aromatic N) is 2. The molecule has 1 atom stereocenters. The van der Waals surface area contributed by atoms with Gasteiger partial charge in [-0.1, -0.05) is 47.5 Å². The van der Waals surface area contributed by atoms with Crippen LogP contribution in [-0.4, -0.2) is 43.3 Å². The van der Waals surface area contributed by atoms with Gasteiger partial charge in [-0.05, 0) is 77.1 Å². The molecule has 0 saturated heterocycles. The maximum Gasteiger partial charge on any atom is 0.264 e. The maximum atomic E-state index is 14.6. The molecule has 0 aliphatic heterocycles. The van der Waals surface area contributed by atoms with E-state index in [1.807, 2.05) is 6.92 Å². The summed E-state index contributed by atoms with van der Waals surface area (Å²) in [6, 6.07) is 17.2. The van der Waals surface area contributed by atoms with Crippen LogP contribution in [0.4, 0.5) is 10.1 Å². The van der Waals surface area contributed by atoms with Gasteiger partial charge < -0.3 is 10.2 Å². The van der Waals surface area contributed by atoms with Gasteiger partial charge in [-0.25, -0.2) is 12.8 Å². The zero-order valence-corrected chi connectivity index (χ0v) is 24.2. The summed E-state index contributed by atoms with van der Waals surface area (Å²) in [6.07, 6.45) is 0. The van der Waals surface area contributed by atoms with E-state index in [4.69, 9.17) is 11.6 Å². The van der Waals surface area contributed by atoms with Crippen molar-refractivity contribution in [3.8, 4) is 0 Å². The summed E-state index contributed by atoms with van der Waals surface area (Å²) in [4.78, 5) is 28.1. The van der Waals surface area contributed by atoms with E-state index in [1.165, 1.54) is 66.4 Å². The molecule has 3 aromatic carbocycles. The highest BCUT2D eigenvalue weighted by Gasteiger charge is 2.33. The van der Waals surface area contributed by atoms with Crippen molar-refractivity contribution in [1.29, 1.82) is 0 Å². The quantitative estimate of drug-likeness (QED) is 0.376. The van der Waals surface area contributed by atoms with Crippen molar-refractivity contribution in [3.05, 3.63) is 94.8 Å². The molecule has 208 valence electrons. The summed E-state index contributed by atoms with van der Waals surface area (Å²) >= 11 is 6.03. The summed E-state index contributed by atoms with van der Waals surface area (Å²) in [6.45, 7) is 7.91. The number of aryl methyl sites for hydroxylation is 1. The summed E-state index contributed by atoms with van der Waals surface area (Å²) < 4.78 is 43.1. The van der Waals surface area contributed by atoms with E-state index in [2.05, 4.69) is 5.32 Å². The molecule has 3 rings (SSSR count). The molecule has 0 spiro atoms. The van der Waals surface area contributed by atoms with Crippen LogP contribution in [0, 0.1) is 12.7 Å². The van der Waals surface area contributed by atoms with E-state index in [9.17, 15) is 22.4 Å². The third kappa shape index (κ3) is 7.80. The fraction of sp³-hybridized carbons (Fsp3) is 0.310. The molecule has 0 heterocycles. The van der Waals surface area contributed by atoms with Crippen LogP contribution in [0.3, 0.4) is 0 Å². The molecule has 0 aromatic heterocycles. The standard InChI is InChI=1S/C29H33ClFN3O4S/c1-20-10-16-25(17-11-20)39(37,38)34(24-14-12-23(30)13-15-24)19-27(35)33(18-22-8-6-7-9-26(22)31)21(2)28(36)32-29(3,4)5/h6-17,21H,18-19H2,1-5H3,(H,32,36)/t21-/m0/s1. The molecule has 0 saturated carbocycles. The molecule has 2 amide bonds. The van der Waals surface area contributed by atoms with Gasteiger partial charge >= 0.3 is 0 Å². The first-order chi connectivity index (χ1) is 18.2. The fourth-order valence-electron chi connectivity index (χ4n) is 3.84. The average Bonchev–Trinajstić information content (AvgIpc) is 2.86. The lowest BCUT2D eigenvalue weighted by molar-refractivity contribution is -0.140. The Bertz CT molecular complexity index is 1420. The Labute approximate surface area is 234 Å². The zero-order valence-electron chi connectivity index (χ0n) is 22.6. The first kappa shape index (κ1) is 30.1. The van der Waals surface area contributed by atoms with Crippen molar-refractivity contribution in [2.45, 2.75) is 57.6 Å². The van der Waals surface area contributed by atoms with Crippen molar-refractivity contribution in [2.24, 2.45) is 0 Å². The second-order valence-electron chi connectivity index (χ2n) is 10.3. The minimum absolute atomic E-state index is 0.00460. The minimum atomic E-state index is -4.20. The number of amides is 2. The molecule has 10 heteroatoms. The Morgan fingerprint density at radius 2 is 1.56 bits per heavy atom. The molecule has 39 heavy (non-hydrogen) atoms. The van der Waals surface area contributed by atoms with Gasteiger partial charge in [0, 0.05) is 22.7 Å². The third-order valence-corrected chi connectivity index (χ3v) is 8.01. The van der Waals surface area contributed by atoms with Crippen LogP contribution in [0.15, 0.2) is 77.7 Å². The molecule has 0 aliphatic rings. The van der Waals surface area contributed by atoms with Crippen molar-refractivity contribution >= 4 is 39.1 Å². The molecule has 0 aliphatic carbocycles. The summed E-state index contributed by atoms with van der Waals surface area (Å²) in [5, 5.41) is 3.23. The van der Waals surface area contributed by atoms with Crippen molar-refractivity contribution < 1.29 is 22.4 Å². The molecule has 0 unspecified atom stereocenters. The lowest BCUT2D eigenvalue weighted by atomic mass is 10.1. The SMILES string of the molecule is Cc1ccc(S(=O)(=O)N(CC(=O)N(Cc2ccccc2F)[C@@H](C)C(=O)NC(C)(C)C)c2ccc(Cl)cc2)cc1. The number of carbonyl (C=O) groups excluding carboxylic acids is 2. The number of hydrogen-bond donors (Lipinski definition) is 1.